The quantitative estimate of drug-likeness (QED) is 0.729. The van der Waals surface area contributed by atoms with Crippen LogP contribution in [0.1, 0.15) is 38.9 Å². The molecule has 1 aliphatic rings. The Kier molecular flexibility index (Phi) is 6.00. The SMILES string of the molecule is C/C=C\CN1CCn2cc(C(=O)NCc3ccc(F)c(C)c3F)c(=O)c(O)c2C1=O. The Balaban J connectivity index is 1.85. The summed E-state index contributed by atoms with van der Waals surface area (Å²) in [6.07, 6.45) is 4.78. The van der Waals surface area contributed by atoms with Gasteiger partial charge >= 0.3 is 0 Å². The lowest BCUT2D eigenvalue weighted by atomic mass is 10.1. The molecule has 0 fully saturated rings. The highest BCUT2D eigenvalue weighted by Gasteiger charge is 2.30. The Morgan fingerprint density at radius 2 is 2.00 bits per heavy atom. The van der Waals surface area contributed by atoms with E-state index >= 15 is 0 Å². The number of carbonyl (C=O) groups is 2. The molecule has 0 aliphatic carbocycles. The molecule has 0 saturated heterocycles. The Hall–Kier alpha value is -3.49. The average molecular weight is 417 g/mol. The third-order valence-corrected chi connectivity index (χ3v) is 5.00. The minimum atomic E-state index is -0.990. The smallest absolute Gasteiger partial charge is 0.274 e. The molecular formula is C21H21F2N3O4. The fourth-order valence-corrected chi connectivity index (χ4v) is 3.22. The summed E-state index contributed by atoms with van der Waals surface area (Å²) < 4.78 is 28.8. The number of fused-ring (bicyclic) bond motifs is 1. The van der Waals surface area contributed by atoms with Crippen LogP contribution in [-0.2, 0) is 13.1 Å². The van der Waals surface area contributed by atoms with Crippen molar-refractivity contribution in [3.8, 4) is 5.75 Å². The van der Waals surface area contributed by atoms with E-state index in [1.54, 1.807) is 12.2 Å². The zero-order valence-corrected chi connectivity index (χ0v) is 16.5. The van der Waals surface area contributed by atoms with E-state index in [2.05, 4.69) is 5.32 Å². The summed E-state index contributed by atoms with van der Waals surface area (Å²) in [7, 11) is 0. The molecule has 0 unspecified atom stereocenters. The third-order valence-electron chi connectivity index (χ3n) is 5.00. The van der Waals surface area contributed by atoms with Crippen LogP contribution in [0.15, 0.2) is 35.3 Å². The molecule has 158 valence electrons. The molecule has 2 N–H and O–H groups in total. The van der Waals surface area contributed by atoms with Gasteiger partial charge in [0.25, 0.3) is 11.8 Å². The molecule has 2 heterocycles. The number of pyridine rings is 1. The Morgan fingerprint density at radius 3 is 2.70 bits per heavy atom. The maximum absolute atomic E-state index is 14.1. The van der Waals surface area contributed by atoms with Crippen LogP contribution in [0.2, 0.25) is 0 Å². The second-order valence-electron chi connectivity index (χ2n) is 6.91. The molecule has 9 heteroatoms. The van der Waals surface area contributed by atoms with Crippen LogP contribution in [0, 0.1) is 18.6 Å². The minimum Gasteiger partial charge on any atom is -0.503 e. The lowest BCUT2D eigenvalue weighted by Crippen LogP contribution is -2.42. The number of aromatic nitrogens is 1. The summed E-state index contributed by atoms with van der Waals surface area (Å²) in [6.45, 7) is 3.80. The molecule has 0 atom stereocenters. The van der Waals surface area contributed by atoms with Crippen LogP contribution in [0.3, 0.4) is 0 Å². The number of hydrogen-bond donors (Lipinski definition) is 2. The number of carbonyl (C=O) groups excluding carboxylic acids is 2. The largest absolute Gasteiger partial charge is 0.503 e. The van der Waals surface area contributed by atoms with Gasteiger partial charge in [0.1, 0.15) is 17.2 Å². The van der Waals surface area contributed by atoms with Crippen molar-refractivity contribution >= 4 is 11.8 Å². The van der Waals surface area contributed by atoms with E-state index in [0.29, 0.717) is 19.6 Å². The fourth-order valence-electron chi connectivity index (χ4n) is 3.22. The molecule has 3 rings (SSSR count). The van der Waals surface area contributed by atoms with E-state index in [-0.39, 0.29) is 28.9 Å². The first-order valence-corrected chi connectivity index (χ1v) is 9.34. The summed E-state index contributed by atoms with van der Waals surface area (Å²) >= 11 is 0. The van der Waals surface area contributed by atoms with Gasteiger partial charge in [-0.1, -0.05) is 18.2 Å². The molecular weight excluding hydrogens is 396 g/mol. The molecule has 1 aliphatic heterocycles. The first kappa shape index (κ1) is 21.2. The van der Waals surface area contributed by atoms with Gasteiger partial charge in [-0.3, -0.25) is 14.4 Å². The predicted molar refractivity (Wildman–Crippen MR) is 105 cm³/mol. The summed E-state index contributed by atoms with van der Waals surface area (Å²) in [5.74, 6) is -3.64. The second-order valence-corrected chi connectivity index (χ2v) is 6.91. The molecule has 30 heavy (non-hydrogen) atoms. The standard InChI is InChI=1S/C21H21F2N3O4/c1-3-4-7-25-8-9-26-11-14(18(27)19(28)17(26)21(25)30)20(29)24-10-13-5-6-15(22)12(2)16(13)23/h3-6,11,28H,7-10H2,1-2H3,(H,24,29)/b4-3-. The first-order chi connectivity index (χ1) is 14.3. The fraction of sp³-hybridized carbons (Fsp3) is 0.286. The van der Waals surface area contributed by atoms with Gasteiger partial charge in [-0.15, -0.1) is 0 Å². The van der Waals surface area contributed by atoms with E-state index in [1.807, 2.05) is 6.92 Å². The topological polar surface area (TPSA) is 91.6 Å². The first-order valence-electron chi connectivity index (χ1n) is 9.34. The van der Waals surface area contributed by atoms with Gasteiger partial charge < -0.3 is 19.9 Å². The van der Waals surface area contributed by atoms with Crippen LogP contribution >= 0.6 is 0 Å². The number of aromatic hydroxyl groups is 1. The summed E-state index contributed by atoms with van der Waals surface area (Å²) in [5, 5.41) is 12.7. The number of amides is 2. The predicted octanol–water partition coefficient (Wildman–Crippen LogP) is 2.10. The number of benzene rings is 1. The van der Waals surface area contributed by atoms with Crippen molar-refractivity contribution in [2.45, 2.75) is 26.9 Å². The summed E-state index contributed by atoms with van der Waals surface area (Å²) in [4.78, 5) is 39.0. The number of nitrogens with one attached hydrogen (secondary N) is 1. The molecule has 1 aromatic heterocycles. The number of nitrogens with zero attached hydrogens (tertiary/aromatic N) is 2. The number of hydrogen-bond acceptors (Lipinski definition) is 4. The van der Waals surface area contributed by atoms with Gasteiger partial charge in [0.05, 0.1) is 0 Å². The number of rotatable bonds is 5. The zero-order chi connectivity index (χ0) is 22.0. The molecule has 0 saturated carbocycles. The van der Waals surface area contributed by atoms with Crippen LogP contribution in [-0.4, -0.2) is 39.5 Å². The highest BCUT2D eigenvalue weighted by atomic mass is 19.1. The van der Waals surface area contributed by atoms with E-state index in [4.69, 9.17) is 0 Å². The van der Waals surface area contributed by atoms with Gasteiger partial charge in [-0.25, -0.2) is 8.78 Å². The lowest BCUT2D eigenvalue weighted by Gasteiger charge is -2.29. The van der Waals surface area contributed by atoms with Crippen molar-refractivity contribution in [2.24, 2.45) is 0 Å². The molecule has 0 spiro atoms. The van der Waals surface area contributed by atoms with Crippen molar-refractivity contribution in [3.63, 3.8) is 0 Å². The molecule has 0 bridgehead atoms. The second kappa shape index (κ2) is 8.48. The van der Waals surface area contributed by atoms with Gasteiger partial charge in [-0.2, -0.15) is 0 Å². The summed E-state index contributed by atoms with van der Waals surface area (Å²) in [6, 6.07) is 2.29. The van der Waals surface area contributed by atoms with Gasteiger partial charge in [0.2, 0.25) is 5.43 Å². The maximum Gasteiger partial charge on any atom is 0.274 e. The van der Waals surface area contributed by atoms with E-state index in [0.717, 1.165) is 6.07 Å². The van der Waals surface area contributed by atoms with Crippen LogP contribution in [0.25, 0.3) is 0 Å². The van der Waals surface area contributed by atoms with Crippen molar-refractivity contribution < 1.29 is 23.5 Å². The van der Waals surface area contributed by atoms with E-state index in [9.17, 15) is 28.3 Å². The van der Waals surface area contributed by atoms with E-state index < -0.39 is 34.6 Å². The van der Waals surface area contributed by atoms with E-state index in [1.165, 1.54) is 28.7 Å². The third kappa shape index (κ3) is 3.83. The Morgan fingerprint density at radius 1 is 1.27 bits per heavy atom. The maximum atomic E-state index is 14.1. The normalized spacial score (nSPS) is 13.6. The Bertz CT molecular complexity index is 1110. The highest BCUT2D eigenvalue weighted by molar-refractivity contribution is 5.99. The van der Waals surface area contributed by atoms with Crippen molar-refractivity contribution in [1.82, 2.24) is 14.8 Å². The van der Waals surface area contributed by atoms with Crippen molar-refractivity contribution in [2.75, 3.05) is 13.1 Å². The number of allylic oxidation sites excluding steroid dienone is 1. The average Bonchev–Trinajstić information content (AvgIpc) is 2.73. The molecule has 1 aromatic carbocycles. The summed E-state index contributed by atoms with van der Waals surface area (Å²) in [5.41, 5.74) is -1.65. The molecule has 7 nitrogen and oxygen atoms in total. The van der Waals surface area contributed by atoms with Gasteiger partial charge in [-0.05, 0) is 19.9 Å². The number of halogens is 2. The molecule has 2 amide bonds. The molecule has 0 radical (unpaired) electrons. The van der Waals surface area contributed by atoms with Gasteiger partial charge in [0.15, 0.2) is 11.4 Å². The van der Waals surface area contributed by atoms with Crippen LogP contribution < -0.4 is 10.7 Å². The monoisotopic (exact) mass is 417 g/mol. The van der Waals surface area contributed by atoms with Gasteiger partial charge in [0, 0.05) is 43.5 Å². The van der Waals surface area contributed by atoms with Crippen molar-refractivity contribution in [3.05, 3.63) is 74.7 Å². The van der Waals surface area contributed by atoms with Crippen LogP contribution in [0.5, 0.6) is 5.75 Å². The highest BCUT2D eigenvalue weighted by Crippen LogP contribution is 2.21. The Labute approximate surface area is 171 Å². The lowest BCUT2D eigenvalue weighted by molar-refractivity contribution is 0.0716. The minimum absolute atomic E-state index is 0.0549. The molecule has 2 aromatic rings. The van der Waals surface area contributed by atoms with Crippen molar-refractivity contribution in [1.29, 1.82) is 0 Å². The zero-order valence-electron chi connectivity index (χ0n) is 16.5. The van der Waals surface area contributed by atoms with Crippen LogP contribution in [0.4, 0.5) is 8.78 Å².